The Bertz CT molecular complexity index is 3100. The number of benzene rings is 8. The molecule has 0 spiro atoms. The van der Waals surface area contributed by atoms with Crippen LogP contribution in [0.25, 0.3) is 105 Å². The van der Waals surface area contributed by atoms with Gasteiger partial charge in [0.2, 0.25) is 0 Å². The minimum absolute atomic E-state index is 0.895. The summed E-state index contributed by atoms with van der Waals surface area (Å²) in [6.45, 7) is 0. The lowest BCUT2D eigenvalue weighted by Crippen LogP contribution is -1.96. The van der Waals surface area contributed by atoms with E-state index in [1.54, 1.807) is 0 Å². The van der Waals surface area contributed by atoms with Crippen LogP contribution in [0.4, 0.5) is 0 Å². The van der Waals surface area contributed by atoms with Crippen LogP contribution in [0.15, 0.2) is 185 Å². The lowest BCUT2D eigenvalue weighted by Gasteiger charge is -2.15. The Balaban J connectivity index is 1.15. The Kier molecular flexibility index (Phi) is 5.96. The molecule has 11 aromatic rings. The fourth-order valence-corrected chi connectivity index (χ4v) is 8.02. The molecule has 0 aliphatic heterocycles. The van der Waals surface area contributed by atoms with E-state index in [2.05, 4.69) is 156 Å². The summed E-state index contributed by atoms with van der Waals surface area (Å²) in [5.74, 6) is 0. The van der Waals surface area contributed by atoms with E-state index in [-0.39, 0.29) is 0 Å². The Morgan fingerprint density at radius 3 is 1.59 bits per heavy atom. The molecule has 0 N–H and O–H groups in total. The van der Waals surface area contributed by atoms with E-state index in [1.165, 1.54) is 21.8 Å². The average Bonchev–Trinajstić information content (AvgIpc) is 3.87. The lowest BCUT2D eigenvalue weighted by molar-refractivity contribution is 0.669. The van der Waals surface area contributed by atoms with Crippen molar-refractivity contribution < 1.29 is 8.83 Å². The van der Waals surface area contributed by atoms with Crippen molar-refractivity contribution in [2.45, 2.75) is 0 Å². The van der Waals surface area contributed by atoms with Gasteiger partial charge < -0.3 is 13.4 Å². The van der Waals surface area contributed by atoms with E-state index in [1.807, 2.05) is 24.3 Å². The van der Waals surface area contributed by atoms with E-state index in [4.69, 9.17) is 8.83 Å². The topological polar surface area (TPSA) is 31.2 Å². The molecular formula is C48H29NO2. The van der Waals surface area contributed by atoms with Gasteiger partial charge in [0.1, 0.15) is 22.3 Å². The van der Waals surface area contributed by atoms with Gasteiger partial charge in [-0.25, -0.2) is 0 Å². The normalized spacial score (nSPS) is 11.9. The monoisotopic (exact) mass is 651 g/mol. The summed E-state index contributed by atoms with van der Waals surface area (Å²) in [7, 11) is 0. The number of furan rings is 2. The van der Waals surface area contributed by atoms with E-state index in [0.717, 1.165) is 82.9 Å². The summed E-state index contributed by atoms with van der Waals surface area (Å²) < 4.78 is 15.1. The van der Waals surface area contributed by atoms with Crippen molar-refractivity contribution in [3.8, 4) is 39.1 Å². The van der Waals surface area contributed by atoms with Crippen LogP contribution >= 0.6 is 0 Å². The summed E-state index contributed by atoms with van der Waals surface area (Å²) in [6.07, 6.45) is 0. The van der Waals surface area contributed by atoms with Gasteiger partial charge in [-0.05, 0) is 88.5 Å². The van der Waals surface area contributed by atoms with Crippen LogP contribution in [-0.4, -0.2) is 4.57 Å². The summed E-state index contributed by atoms with van der Waals surface area (Å²) >= 11 is 0. The molecule has 3 nitrogen and oxygen atoms in total. The third-order valence-electron chi connectivity index (χ3n) is 10.4. The van der Waals surface area contributed by atoms with Crippen LogP contribution in [0.3, 0.4) is 0 Å². The SMILES string of the molecule is c1cc(-c2cc(-c3ccc4oc5ccccc5c4c3)cc(-n3c4ccccc4c4ccccc43)c2)cc(-c2cccc3c2oc2ccccc23)c1. The molecule has 3 heterocycles. The molecule has 0 saturated carbocycles. The fraction of sp³-hybridized carbons (Fsp3) is 0. The zero-order chi connectivity index (χ0) is 33.5. The van der Waals surface area contributed by atoms with Crippen LogP contribution < -0.4 is 0 Å². The van der Waals surface area contributed by atoms with Crippen LogP contribution in [0, 0.1) is 0 Å². The summed E-state index contributed by atoms with van der Waals surface area (Å²) in [6, 6.07) is 62.7. The van der Waals surface area contributed by atoms with E-state index in [9.17, 15) is 0 Å². The number of hydrogen-bond acceptors (Lipinski definition) is 2. The molecule has 0 unspecified atom stereocenters. The lowest BCUT2D eigenvalue weighted by atomic mass is 9.94. The molecule has 51 heavy (non-hydrogen) atoms. The van der Waals surface area contributed by atoms with Gasteiger partial charge in [0.15, 0.2) is 0 Å². The molecule has 0 atom stereocenters. The first-order valence-corrected chi connectivity index (χ1v) is 17.3. The Hall–Kier alpha value is -6.84. The van der Waals surface area contributed by atoms with Crippen LogP contribution in [0.2, 0.25) is 0 Å². The molecule has 0 saturated heterocycles. The third kappa shape index (κ3) is 4.32. The molecule has 0 bridgehead atoms. The number of aromatic nitrogens is 1. The third-order valence-corrected chi connectivity index (χ3v) is 10.4. The van der Waals surface area contributed by atoms with Gasteiger partial charge in [-0.2, -0.15) is 0 Å². The molecule has 0 aliphatic rings. The van der Waals surface area contributed by atoms with Gasteiger partial charge in [0, 0.05) is 43.6 Å². The highest BCUT2D eigenvalue weighted by Gasteiger charge is 2.17. The Labute approximate surface area is 293 Å². The molecule has 0 fully saturated rings. The first-order chi connectivity index (χ1) is 25.3. The van der Waals surface area contributed by atoms with Crippen molar-refractivity contribution in [1.82, 2.24) is 4.57 Å². The minimum Gasteiger partial charge on any atom is -0.456 e. The van der Waals surface area contributed by atoms with Gasteiger partial charge in [0.05, 0.1) is 11.0 Å². The van der Waals surface area contributed by atoms with Gasteiger partial charge in [0.25, 0.3) is 0 Å². The quantitative estimate of drug-likeness (QED) is 0.190. The van der Waals surface area contributed by atoms with E-state index >= 15 is 0 Å². The molecule has 11 rings (SSSR count). The van der Waals surface area contributed by atoms with E-state index < -0.39 is 0 Å². The van der Waals surface area contributed by atoms with Crippen LogP contribution in [-0.2, 0) is 0 Å². The van der Waals surface area contributed by atoms with Crippen molar-refractivity contribution in [1.29, 1.82) is 0 Å². The number of para-hydroxylation sites is 5. The van der Waals surface area contributed by atoms with Crippen molar-refractivity contribution in [2.75, 3.05) is 0 Å². The highest BCUT2D eigenvalue weighted by Crippen LogP contribution is 2.40. The second kappa shape index (κ2) is 10.8. The number of fused-ring (bicyclic) bond motifs is 9. The van der Waals surface area contributed by atoms with Crippen molar-refractivity contribution in [3.63, 3.8) is 0 Å². The smallest absolute Gasteiger partial charge is 0.143 e. The molecular weight excluding hydrogens is 623 g/mol. The predicted molar refractivity (Wildman–Crippen MR) is 212 cm³/mol. The molecule has 0 aliphatic carbocycles. The maximum absolute atomic E-state index is 6.46. The van der Waals surface area contributed by atoms with Crippen molar-refractivity contribution >= 4 is 65.7 Å². The highest BCUT2D eigenvalue weighted by molar-refractivity contribution is 6.11. The summed E-state index contributed by atoms with van der Waals surface area (Å²) in [5.41, 5.74) is 13.9. The number of nitrogens with zero attached hydrogens (tertiary/aromatic N) is 1. The Morgan fingerprint density at radius 1 is 0.314 bits per heavy atom. The zero-order valence-corrected chi connectivity index (χ0v) is 27.5. The molecule has 0 radical (unpaired) electrons. The Morgan fingerprint density at radius 2 is 0.843 bits per heavy atom. The molecule has 3 aromatic heterocycles. The minimum atomic E-state index is 0.895. The second-order valence-electron chi connectivity index (χ2n) is 13.3. The fourth-order valence-electron chi connectivity index (χ4n) is 8.02. The average molecular weight is 652 g/mol. The van der Waals surface area contributed by atoms with Crippen LogP contribution in [0.1, 0.15) is 0 Å². The zero-order valence-electron chi connectivity index (χ0n) is 27.5. The summed E-state index contributed by atoms with van der Waals surface area (Å²) in [4.78, 5) is 0. The first kappa shape index (κ1) is 28.0. The predicted octanol–water partition coefficient (Wildman–Crippen LogP) is 13.6. The maximum Gasteiger partial charge on any atom is 0.143 e. The van der Waals surface area contributed by atoms with Gasteiger partial charge in [-0.1, -0.05) is 115 Å². The maximum atomic E-state index is 6.46. The standard InChI is InChI=1S/C48H29NO2/c1-5-19-43-37(13-1)38-14-2-6-20-44(38)49(43)35-27-33(26-34(28-35)31-23-24-47-42(29-31)40-16-4-7-21-45(40)50-47)30-11-9-12-32(25-30)36-17-10-18-41-39-15-3-8-22-46(39)51-48(36)41/h1-29H. The second-order valence-corrected chi connectivity index (χ2v) is 13.3. The van der Waals surface area contributed by atoms with Gasteiger partial charge in [-0.15, -0.1) is 0 Å². The molecule has 3 heteroatoms. The number of hydrogen-bond donors (Lipinski definition) is 0. The highest BCUT2D eigenvalue weighted by atomic mass is 16.3. The molecule has 238 valence electrons. The van der Waals surface area contributed by atoms with E-state index in [0.29, 0.717) is 0 Å². The summed E-state index contributed by atoms with van der Waals surface area (Å²) in [5, 5.41) is 7.00. The first-order valence-electron chi connectivity index (χ1n) is 17.3. The van der Waals surface area contributed by atoms with Gasteiger partial charge in [-0.3, -0.25) is 0 Å². The molecule has 8 aromatic carbocycles. The van der Waals surface area contributed by atoms with Crippen molar-refractivity contribution in [2.24, 2.45) is 0 Å². The van der Waals surface area contributed by atoms with Gasteiger partial charge >= 0.3 is 0 Å². The molecule has 0 amide bonds. The van der Waals surface area contributed by atoms with Crippen molar-refractivity contribution in [3.05, 3.63) is 176 Å². The number of rotatable bonds is 4. The van der Waals surface area contributed by atoms with Crippen LogP contribution in [0.5, 0.6) is 0 Å². The largest absolute Gasteiger partial charge is 0.456 e.